The molecule has 0 bridgehead atoms. The van der Waals surface area contributed by atoms with E-state index in [-0.39, 0.29) is 11.2 Å². The maximum absolute atomic E-state index is 13.8. The van der Waals surface area contributed by atoms with Crippen molar-refractivity contribution in [3.05, 3.63) is 29.3 Å². The second kappa shape index (κ2) is 4.88. The summed E-state index contributed by atoms with van der Waals surface area (Å²) in [7, 11) is 0. The second-order valence-corrected chi connectivity index (χ2v) is 6.09. The van der Waals surface area contributed by atoms with Crippen LogP contribution in [-0.2, 0) is 0 Å². The largest absolute Gasteiger partial charge is 0.330 e. The van der Waals surface area contributed by atoms with Crippen LogP contribution in [0.25, 0.3) is 0 Å². The third-order valence-corrected chi connectivity index (χ3v) is 3.75. The van der Waals surface area contributed by atoms with E-state index >= 15 is 0 Å². The van der Waals surface area contributed by atoms with Gasteiger partial charge in [-0.1, -0.05) is 17.8 Å². The Labute approximate surface area is 110 Å². The lowest BCUT2D eigenvalue weighted by atomic mass is 10.0. The lowest BCUT2D eigenvalue weighted by Gasteiger charge is -2.26. The molecule has 0 spiro atoms. The van der Waals surface area contributed by atoms with Crippen molar-refractivity contribution >= 4 is 22.6 Å². The fraction of sp³-hybridized carbons (Fsp3) is 0.462. The molecule has 1 aromatic carbocycles. The lowest BCUT2D eigenvalue weighted by molar-refractivity contribution is 0.507. The third-order valence-electron chi connectivity index (χ3n) is 2.87. The zero-order valence-electron chi connectivity index (χ0n) is 10.7. The number of aliphatic imine (C=N–C) groups is 1. The fourth-order valence-electron chi connectivity index (χ4n) is 1.70. The first-order valence-corrected chi connectivity index (χ1v) is 6.82. The SMILES string of the molecule is Cc1ccc(F)c(NC2=NC(C)(C)CCS2)c1F. The average Bonchev–Trinajstić information content (AvgIpc) is 2.28. The minimum atomic E-state index is -0.593. The van der Waals surface area contributed by atoms with Crippen molar-refractivity contribution in [1.29, 1.82) is 0 Å². The number of hydrogen-bond acceptors (Lipinski definition) is 3. The monoisotopic (exact) mass is 270 g/mol. The first kappa shape index (κ1) is 13.3. The normalized spacial score (nSPS) is 18.4. The van der Waals surface area contributed by atoms with Gasteiger partial charge in [0.15, 0.2) is 11.0 Å². The predicted molar refractivity (Wildman–Crippen MR) is 73.3 cm³/mol. The highest BCUT2D eigenvalue weighted by molar-refractivity contribution is 8.14. The summed E-state index contributed by atoms with van der Waals surface area (Å²) in [4.78, 5) is 4.46. The van der Waals surface area contributed by atoms with Crippen molar-refractivity contribution < 1.29 is 8.78 Å². The van der Waals surface area contributed by atoms with E-state index in [1.807, 2.05) is 13.8 Å². The maximum atomic E-state index is 13.8. The summed E-state index contributed by atoms with van der Waals surface area (Å²) in [6.45, 7) is 5.63. The van der Waals surface area contributed by atoms with Gasteiger partial charge in [0, 0.05) is 5.75 Å². The minimum Gasteiger partial charge on any atom is -0.330 e. The number of nitrogens with one attached hydrogen (secondary N) is 1. The number of rotatable bonds is 1. The zero-order valence-corrected chi connectivity index (χ0v) is 11.5. The van der Waals surface area contributed by atoms with Gasteiger partial charge in [-0.25, -0.2) is 8.78 Å². The van der Waals surface area contributed by atoms with E-state index in [0.717, 1.165) is 12.2 Å². The molecule has 1 aliphatic rings. The first-order valence-electron chi connectivity index (χ1n) is 5.83. The van der Waals surface area contributed by atoms with Crippen LogP contribution in [0, 0.1) is 18.6 Å². The molecule has 1 heterocycles. The molecule has 2 nitrogen and oxygen atoms in total. The first-order chi connectivity index (χ1) is 8.39. The van der Waals surface area contributed by atoms with E-state index in [1.54, 1.807) is 6.92 Å². The molecule has 0 saturated heterocycles. The molecular formula is C13H16F2N2S. The zero-order chi connectivity index (χ0) is 13.3. The van der Waals surface area contributed by atoms with Crippen LogP contribution in [0.3, 0.4) is 0 Å². The molecule has 0 amide bonds. The number of amidine groups is 1. The molecule has 0 saturated carbocycles. The Hall–Kier alpha value is -1.10. The van der Waals surface area contributed by atoms with Crippen LogP contribution < -0.4 is 5.32 Å². The highest BCUT2D eigenvalue weighted by Gasteiger charge is 2.23. The number of anilines is 1. The molecule has 0 radical (unpaired) electrons. The number of thioether (sulfide) groups is 1. The Kier molecular flexibility index (Phi) is 3.61. The summed E-state index contributed by atoms with van der Waals surface area (Å²) in [6, 6.07) is 2.69. The number of benzene rings is 1. The highest BCUT2D eigenvalue weighted by Crippen LogP contribution is 2.29. The van der Waals surface area contributed by atoms with Crippen LogP contribution in [0.2, 0.25) is 0 Å². The molecule has 0 aliphatic carbocycles. The minimum absolute atomic E-state index is 0.112. The van der Waals surface area contributed by atoms with Crippen molar-refractivity contribution in [3.8, 4) is 0 Å². The number of hydrogen-bond donors (Lipinski definition) is 1. The fourth-order valence-corrected chi connectivity index (χ4v) is 2.98. The molecule has 0 fully saturated rings. The predicted octanol–water partition coefficient (Wildman–Crippen LogP) is 3.96. The molecule has 2 rings (SSSR count). The van der Waals surface area contributed by atoms with E-state index in [9.17, 15) is 8.78 Å². The van der Waals surface area contributed by atoms with Gasteiger partial charge in [0.25, 0.3) is 0 Å². The quantitative estimate of drug-likeness (QED) is 0.835. The summed E-state index contributed by atoms with van der Waals surface area (Å²) in [5.74, 6) is -0.250. The molecule has 18 heavy (non-hydrogen) atoms. The van der Waals surface area contributed by atoms with Crippen molar-refractivity contribution in [2.24, 2.45) is 4.99 Å². The van der Waals surface area contributed by atoms with E-state index in [0.29, 0.717) is 10.7 Å². The smallest absolute Gasteiger partial charge is 0.161 e. The molecule has 98 valence electrons. The third kappa shape index (κ3) is 2.83. The van der Waals surface area contributed by atoms with E-state index < -0.39 is 11.6 Å². The van der Waals surface area contributed by atoms with Gasteiger partial charge in [-0.3, -0.25) is 4.99 Å². The molecule has 1 aliphatic heterocycles. The van der Waals surface area contributed by atoms with Crippen LogP contribution >= 0.6 is 11.8 Å². The summed E-state index contributed by atoms with van der Waals surface area (Å²) in [6.07, 6.45) is 0.960. The summed E-state index contributed by atoms with van der Waals surface area (Å²) < 4.78 is 27.5. The van der Waals surface area contributed by atoms with Gasteiger partial charge in [0.1, 0.15) is 11.5 Å². The van der Waals surface area contributed by atoms with Gasteiger partial charge in [-0.05, 0) is 38.8 Å². The van der Waals surface area contributed by atoms with Crippen molar-refractivity contribution in [3.63, 3.8) is 0 Å². The Morgan fingerprint density at radius 3 is 2.72 bits per heavy atom. The van der Waals surface area contributed by atoms with Gasteiger partial charge < -0.3 is 5.32 Å². The highest BCUT2D eigenvalue weighted by atomic mass is 32.2. The molecule has 0 unspecified atom stereocenters. The molecule has 1 N–H and O–H groups in total. The van der Waals surface area contributed by atoms with E-state index in [2.05, 4.69) is 10.3 Å². The van der Waals surface area contributed by atoms with Gasteiger partial charge in [-0.15, -0.1) is 0 Å². The van der Waals surface area contributed by atoms with Crippen LogP contribution in [0.1, 0.15) is 25.8 Å². The Morgan fingerprint density at radius 2 is 2.06 bits per heavy atom. The maximum Gasteiger partial charge on any atom is 0.161 e. The summed E-state index contributed by atoms with van der Waals surface area (Å²) in [5, 5.41) is 3.36. The van der Waals surface area contributed by atoms with E-state index in [1.165, 1.54) is 23.9 Å². The molecule has 5 heteroatoms. The van der Waals surface area contributed by atoms with Crippen LogP contribution in [0.5, 0.6) is 0 Å². The Balaban J connectivity index is 2.30. The summed E-state index contributed by atoms with van der Waals surface area (Å²) in [5.41, 5.74) is 0.128. The molecule has 0 aromatic heterocycles. The summed E-state index contributed by atoms with van der Waals surface area (Å²) >= 11 is 1.49. The van der Waals surface area contributed by atoms with Crippen molar-refractivity contribution in [2.75, 3.05) is 11.1 Å². The van der Waals surface area contributed by atoms with Gasteiger partial charge in [0.05, 0.1) is 5.54 Å². The topological polar surface area (TPSA) is 24.4 Å². The standard InChI is InChI=1S/C13H16F2N2S/c1-8-4-5-9(14)11(10(8)15)16-12-17-13(2,3)6-7-18-12/h4-5H,6-7H2,1-3H3,(H,16,17). The second-order valence-electron chi connectivity index (χ2n) is 5.01. The van der Waals surface area contributed by atoms with Gasteiger partial charge in [0.2, 0.25) is 0 Å². The molecular weight excluding hydrogens is 254 g/mol. The van der Waals surface area contributed by atoms with Crippen LogP contribution in [0.15, 0.2) is 17.1 Å². The molecule has 1 aromatic rings. The van der Waals surface area contributed by atoms with Crippen molar-refractivity contribution in [2.45, 2.75) is 32.7 Å². The van der Waals surface area contributed by atoms with Crippen LogP contribution in [-0.4, -0.2) is 16.5 Å². The Bertz CT molecular complexity index is 498. The number of halogens is 2. The van der Waals surface area contributed by atoms with E-state index in [4.69, 9.17) is 0 Å². The number of nitrogens with zero attached hydrogens (tertiary/aromatic N) is 1. The van der Waals surface area contributed by atoms with Crippen LogP contribution in [0.4, 0.5) is 14.5 Å². The Morgan fingerprint density at radius 1 is 1.33 bits per heavy atom. The lowest BCUT2D eigenvalue weighted by Crippen LogP contribution is -2.27. The number of aryl methyl sites for hydroxylation is 1. The molecule has 0 atom stereocenters. The average molecular weight is 270 g/mol. The van der Waals surface area contributed by atoms with Gasteiger partial charge >= 0.3 is 0 Å². The van der Waals surface area contributed by atoms with Crippen molar-refractivity contribution in [1.82, 2.24) is 0 Å². The van der Waals surface area contributed by atoms with Gasteiger partial charge in [-0.2, -0.15) is 0 Å².